The molecule has 5 nitrogen and oxygen atoms in total. The number of pyridine rings is 1. The van der Waals surface area contributed by atoms with E-state index in [4.69, 9.17) is 11.6 Å². The number of amidine groups is 1. The normalized spacial score (nSPS) is 16.3. The van der Waals surface area contributed by atoms with Crippen LogP contribution in [0.4, 0.5) is 11.4 Å². The van der Waals surface area contributed by atoms with Crippen LogP contribution in [0.1, 0.15) is 33.1 Å². The average molecular weight is 477 g/mol. The lowest BCUT2D eigenvalue weighted by molar-refractivity contribution is -0.104. The van der Waals surface area contributed by atoms with Gasteiger partial charge in [0, 0.05) is 37.7 Å². The summed E-state index contributed by atoms with van der Waals surface area (Å²) in [5.74, 6) is 1.37. The van der Waals surface area contributed by atoms with Crippen LogP contribution in [-0.4, -0.2) is 37.2 Å². The number of carbonyl (C=O) groups excluding carboxylic acids is 1. The first-order valence-electron chi connectivity index (χ1n) is 11.5. The fraction of sp³-hybridized carbons (Fsp3) is 0.321. The molecule has 2 heterocycles. The van der Waals surface area contributed by atoms with Crippen molar-refractivity contribution in [2.45, 2.75) is 33.1 Å². The second-order valence-electron chi connectivity index (χ2n) is 8.67. The van der Waals surface area contributed by atoms with Gasteiger partial charge in [-0.05, 0) is 80.2 Å². The van der Waals surface area contributed by atoms with Gasteiger partial charge in [0.25, 0.3) is 0 Å². The number of hydrogen-bond donors (Lipinski definition) is 0. The van der Waals surface area contributed by atoms with Crippen molar-refractivity contribution < 1.29 is 4.79 Å². The van der Waals surface area contributed by atoms with E-state index in [-0.39, 0.29) is 0 Å². The average Bonchev–Trinajstić information content (AvgIpc) is 2.83. The smallest absolute Gasteiger partial charge is 0.144 e. The zero-order valence-electron chi connectivity index (χ0n) is 20.3. The molecule has 1 aliphatic heterocycles. The summed E-state index contributed by atoms with van der Waals surface area (Å²) in [5, 5.41) is 2.63. The van der Waals surface area contributed by atoms with Crippen molar-refractivity contribution in [2.75, 3.05) is 29.9 Å². The van der Waals surface area contributed by atoms with Crippen LogP contribution >= 0.6 is 11.6 Å². The minimum atomic E-state index is 0.580. The topological polar surface area (TPSA) is 48.8 Å². The predicted octanol–water partition coefficient (Wildman–Crippen LogP) is 4.75. The third kappa shape index (κ3) is 6.23. The molecule has 1 aliphatic rings. The molecular formula is C28H33ClN4O. The molecule has 0 atom stereocenters. The molecular weight excluding hydrogens is 444 g/mol. The fourth-order valence-corrected chi connectivity index (χ4v) is 4.60. The number of anilines is 2. The van der Waals surface area contributed by atoms with Crippen molar-refractivity contribution in [1.82, 2.24) is 4.98 Å². The SMILES string of the molecule is C=C/C(CC1CCN(c2ccc(N(C)C(C)=N/C(C)=C\C=O)cc2Cl)CC1)=c1/ncccc1=C. The van der Waals surface area contributed by atoms with Crippen molar-refractivity contribution in [3.8, 4) is 0 Å². The highest BCUT2D eigenvalue weighted by Gasteiger charge is 2.22. The maximum absolute atomic E-state index is 10.6. The van der Waals surface area contributed by atoms with Crippen LogP contribution in [0.2, 0.25) is 5.02 Å². The predicted molar refractivity (Wildman–Crippen MR) is 145 cm³/mol. The molecule has 0 spiro atoms. The van der Waals surface area contributed by atoms with Gasteiger partial charge in [0.1, 0.15) is 12.1 Å². The highest BCUT2D eigenvalue weighted by atomic mass is 35.5. The van der Waals surface area contributed by atoms with Crippen LogP contribution in [0.5, 0.6) is 0 Å². The Morgan fingerprint density at radius 3 is 2.65 bits per heavy atom. The minimum absolute atomic E-state index is 0.580. The van der Waals surface area contributed by atoms with Crippen molar-refractivity contribution in [2.24, 2.45) is 10.9 Å². The molecule has 0 bridgehead atoms. The van der Waals surface area contributed by atoms with E-state index >= 15 is 0 Å². The number of rotatable bonds is 7. The van der Waals surface area contributed by atoms with E-state index in [2.05, 4.69) is 40.2 Å². The van der Waals surface area contributed by atoms with E-state index < -0.39 is 0 Å². The Hall–Kier alpha value is -3.18. The van der Waals surface area contributed by atoms with Gasteiger partial charge in [-0.15, -0.1) is 0 Å². The Kier molecular flexibility index (Phi) is 8.83. The molecule has 2 aromatic rings. The van der Waals surface area contributed by atoms with E-state index in [1.165, 1.54) is 11.6 Å². The summed E-state index contributed by atoms with van der Waals surface area (Å²) in [4.78, 5) is 23.9. The number of benzene rings is 1. The van der Waals surface area contributed by atoms with Crippen LogP contribution < -0.4 is 20.4 Å². The maximum atomic E-state index is 10.6. The van der Waals surface area contributed by atoms with Crippen LogP contribution in [0.15, 0.2) is 65.9 Å². The quantitative estimate of drug-likeness (QED) is 0.250. The van der Waals surface area contributed by atoms with E-state index in [1.807, 2.05) is 49.3 Å². The molecule has 1 aromatic carbocycles. The lowest BCUT2D eigenvalue weighted by Crippen LogP contribution is -2.35. The third-order valence-electron chi connectivity index (χ3n) is 6.36. The number of hydrogen-bond acceptors (Lipinski definition) is 4. The summed E-state index contributed by atoms with van der Waals surface area (Å²) in [6.45, 7) is 13.8. The van der Waals surface area contributed by atoms with Crippen LogP contribution in [-0.2, 0) is 4.79 Å². The molecule has 0 saturated carbocycles. The molecule has 3 rings (SSSR count). The number of piperidine rings is 1. The van der Waals surface area contributed by atoms with Crippen molar-refractivity contribution >= 4 is 47.2 Å². The van der Waals surface area contributed by atoms with E-state index in [0.717, 1.165) is 71.4 Å². The number of aliphatic imine (C=N–C) groups is 1. The zero-order valence-corrected chi connectivity index (χ0v) is 21.1. The number of allylic oxidation sites excluding steroid dienone is 3. The molecule has 0 unspecified atom stereocenters. The van der Waals surface area contributed by atoms with Crippen molar-refractivity contribution in [1.29, 1.82) is 0 Å². The van der Waals surface area contributed by atoms with E-state index in [0.29, 0.717) is 11.6 Å². The Morgan fingerprint density at radius 1 is 1.29 bits per heavy atom. The Morgan fingerprint density at radius 2 is 2.03 bits per heavy atom. The Balaban J connectivity index is 1.68. The number of halogens is 1. The first-order chi connectivity index (χ1) is 16.3. The Bertz CT molecular complexity index is 1210. The van der Waals surface area contributed by atoms with Gasteiger partial charge >= 0.3 is 0 Å². The Labute approximate surface area is 207 Å². The molecule has 178 valence electrons. The largest absolute Gasteiger partial charge is 0.370 e. The summed E-state index contributed by atoms with van der Waals surface area (Å²) >= 11 is 6.71. The summed E-state index contributed by atoms with van der Waals surface area (Å²) < 4.78 is 0. The van der Waals surface area contributed by atoms with Crippen LogP contribution in [0.25, 0.3) is 12.2 Å². The number of carbonyl (C=O) groups is 1. The minimum Gasteiger partial charge on any atom is -0.370 e. The van der Waals surface area contributed by atoms with Crippen molar-refractivity contribution in [3.05, 3.63) is 76.5 Å². The molecule has 1 fully saturated rings. The van der Waals surface area contributed by atoms with E-state index in [9.17, 15) is 4.79 Å². The highest BCUT2D eigenvalue weighted by molar-refractivity contribution is 6.33. The van der Waals surface area contributed by atoms with Gasteiger partial charge < -0.3 is 9.80 Å². The summed E-state index contributed by atoms with van der Waals surface area (Å²) in [5.41, 5.74) is 3.84. The van der Waals surface area contributed by atoms with Gasteiger partial charge in [-0.25, -0.2) is 4.99 Å². The second-order valence-corrected chi connectivity index (χ2v) is 9.08. The summed E-state index contributed by atoms with van der Waals surface area (Å²) in [6, 6.07) is 10.0. The lowest BCUT2D eigenvalue weighted by Gasteiger charge is -2.34. The zero-order chi connectivity index (χ0) is 24.7. The van der Waals surface area contributed by atoms with Gasteiger partial charge in [0.2, 0.25) is 0 Å². The first-order valence-corrected chi connectivity index (χ1v) is 11.9. The molecule has 0 amide bonds. The molecule has 0 radical (unpaired) electrons. The number of aromatic nitrogens is 1. The number of aldehydes is 1. The van der Waals surface area contributed by atoms with Gasteiger partial charge in [0.15, 0.2) is 0 Å². The fourth-order valence-electron chi connectivity index (χ4n) is 4.31. The van der Waals surface area contributed by atoms with Crippen molar-refractivity contribution in [3.63, 3.8) is 0 Å². The second kappa shape index (κ2) is 11.8. The van der Waals surface area contributed by atoms with Gasteiger partial charge in [-0.2, -0.15) is 0 Å². The summed E-state index contributed by atoms with van der Waals surface area (Å²) in [7, 11) is 1.94. The molecule has 1 aromatic heterocycles. The molecule has 6 heteroatoms. The summed E-state index contributed by atoms with van der Waals surface area (Å²) in [6.07, 6.45) is 9.07. The molecule has 0 aliphatic carbocycles. The lowest BCUT2D eigenvalue weighted by atomic mass is 9.89. The van der Waals surface area contributed by atoms with Crippen LogP contribution in [0, 0.1) is 5.92 Å². The van der Waals surface area contributed by atoms with E-state index in [1.54, 1.807) is 6.92 Å². The van der Waals surface area contributed by atoms with Crippen LogP contribution in [0.3, 0.4) is 0 Å². The maximum Gasteiger partial charge on any atom is 0.144 e. The van der Waals surface area contributed by atoms with Gasteiger partial charge in [-0.1, -0.05) is 36.9 Å². The highest BCUT2D eigenvalue weighted by Crippen LogP contribution is 2.34. The standard InChI is InChI=1S/C28H33ClN4O/c1-6-24(28-20(2)8-7-14-30-28)18-23-11-15-33(16-12-23)27-10-9-25(19-26(27)29)32(5)22(4)31-21(3)13-17-34/h6-10,13-14,17,19,23H,1-2,11-12,15-16,18H2,3-5H3/b21-13-,28-24-,31-22?. The molecule has 34 heavy (non-hydrogen) atoms. The third-order valence-corrected chi connectivity index (χ3v) is 6.66. The first kappa shape index (κ1) is 25.4. The van der Waals surface area contributed by atoms with Gasteiger partial charge in [0.05, 0.1) is 16.1 Å². The molecule has 0 N–H and O–H groups in total. The monoisotopic (exact) mass is 476 g/mol. The van der Waals surface area contributed by atoms with Gasteiger partial charge in [-0.3, -0.25) is 9.78 Å². The molecule has 1 saturated heterocycles. The number of nitrogens with zero attached hydrogens (tertiary/aromatic N) is 4.